The lowest BCUT2D eigenvalue weighted by Crippen LogP contribution is -2.18. The van der Waals surface area contributed by atoms with E-state index in [0.717, 1.165) is 25.1 Å². The van der Waals surface area contributed by atoms with Crippen LogP contribution in [-0.2, 0) is 6.54 Å². The third kappa shape index (κ3) is 3.40. The van der Waals surface area contributed by atoms with Crippen LogP contribution in [0.2, 0.25) is 5.15 Å². The third-order valence-electron chi connectivity index (χ3n) is 4.03. The SMILES string of the molecule is Clc1c(OC2CCCC2)cnn1CC1CCCSC1. The highest BCUT2D eigenvalue weighted by molar-refractivity contribution is 7.99. The average Bonchev–Trinajstić information content (AvgIpc) is 3.05. The molecule has 1 saturated carbocycles. The molecular formula is C14H21ClN2OS. The molecule has 0 spiro atoms. The molecule has 1 unspecified atom stereocenters. The average molecular weight is 301 g/mol. The summed E-state index contributed by atoms with van der Waals surface area (Å²) >= 11 is 8.44. The zero-order valence-electron chi connectivity index (χ0n) is 11.2. The monoisotopic (exact) mass is 300 g/mol. The molecule has 3 nitrogen and oxygen atoms in total. The highest BCUT2D eigenvalue weighted by Crippen LogP contribution is 2.31. The Morgan fingerprint density at radius 1 is 1.32 bits per heavy atom. The molecule has 1 aliphatic carbocycles. The molecule has 3 rings (SSSR count). The maximum absolute atomic E-state index is 6.39. The Kier molecular flexibility index (Phi) is 4.59. The van der Waals surface area contributed by atoms with Crippen LogP contribution in [0.5, 0.6) is 5.75 Å². The van der Waals surface area contributed by atoms with Crippen LogP contribution in [0.1, 0.15) is 38.5 Å². The van der Waals surface area contributed by atoms with E-state index >= 15 is 0 Å². The van der Waals surface area contributed by atoms with Gasteiger partial charge in [-0.1, -0.05) is 11.6 Å². The highest BCUT2D eigenvalue weighted by atomic mass is 35.5. The summed E-state index contributed by atoms with van der Waals surface area (Å²) in [7, 11) is 0. The molecule has 0 amide bonds. The smallest absolute Gasteiger partial charge is 0.176 e. The maximum Gasteiger partial charge on any atom is 0.176 e. The lowest BCUT2D eigenvalue weighted by Gasteiger charge is -2.21. The molecule has 5 heteroatoms. The van der Waals surface area contributed by atoms with Gasteiger partial charge in [0.15, 0.2) is 10.9 Å². The first-order valence-electron chi connectivity index (χ1n) is 7.28. The number of ether oxygens (including phenoxy) is 1. The molecule has 0 aromatic carbocycles. The van der Waals surface area contributed by atoms with E-state index in [1.165, 1.54) is 37.2 Å². The predicted molar refractivity (Wildman–Crippen MR) is 80.2 cm³/mol. The van der Waals surface area contributed by atoms with E-state index < -0.39 is 0 Å². The first kappa shape index (κ1) is 13.6. The molecule has 0 N–H and O–H groups in total. The van der Waals surface area contributed by atoms with Crippen molar-refractivity contribution in [1.82, 2.24) is 9.78 Å². The molecule has 2 fully saturated rings. The normalized spacial score (nSPS) is 24.8. The highest BCUT2D eigenvalue weighted by Gasteiger charge is 2.21. The third-order valence-corrected chi connectivity index (χ3v) is 5.69. The van der Waals surface area contributed by atoms with Gasteiger partial charge in [-0.25, -0.2) is 0 Å². The Hall–Kier alpha value is -0.350. The Balaban J connectivity index is 1.60. The maximum atomic E-state index is 6.39. The van der Waals surface area contributed by atoms with Crippen LogP contribution in [0.3, 0.4) is 0 Å². The van der Waals surface area contributed by atoms with Crippen LogP contribution >= 0.6 is 23.4 Å². The second kappa shape index (κ2) is 6.40. The van der Waals surface area contributed by atoms with Crippen LogP contribution in [0.25, 0.3) is 0 Å². The van der Waals surface area contributed by atoms with Crippen molar-refractivity contribution < 1.29 is 4.74 Å². The van der Waals surface area contributed by atoms with Gasteiger partial charge in [0.1, 0.15) is 0 Å². The molecule has 1 saturated heterocycles. The number of nitrogens with zero attached hydrogens (tertiary/aromatic N) is 2. The molecule has 1 atom stereocenters. The van der Waals surface area contributed by atoms with Crippen LogP contribution in [0, 0.1) is 5.92 Å². The first-order valence-corrected chi connectivity index (χ1v) is 8.82. The largest absolute Gasteiger partial charge is 0.486 e. The summed E-state index contributed by atoms with van der Waals surface area (Å²) in [5.41, 5.74) is 0. The quantitative estimate of drug-likeness (QED) is 0.841. The number of hydrogen-bond acceptors (Lipinski definition) is 3. The number of thioether (sulfide) groups is 1. The van der Waals surface area contributed by atoms with Crippen molar-refractivity contribution in [1.29, 1.82) is 0 Å². The Morgan fingerprint density at radius 3 is 2.89 bits per heavy atom. The number of rotatable bonds is 4. The van der Waals surface area contributed by atoms with Crippen LogP contribution in [-0.4, -0.2) is 27.4 Å². The topological polar surface area (TPSA) is 27.1 Å². The van der Waals surface area contributed by atoms with Crippen molar-refractivity contribution in [2.45, 2.75) is 51.2 Å². The minimum absolute atomic E-state index is 0.348. The van der Waals surface area contributed by atoms with Gasteiger partial charge >= 0.3 is 0 Å². The summed E-state index contributed by atoms with van der Waals surface area (Å²) in [6.45, 7) is 0.930. The number of aromatic nitrogens is 2. The molecule has 1 aromatic heterocycles. The van der Waals surface area contributed by atoms with Gasteiger partial charge in [0.05, 0.1) is 12.3 Å². The summed E-state index contributed by atoms with van der Waals surface area (Å²) in [5, 5.41) is 5.09. The fourth-order valence-corrected chi connectivity index (χ4v) is 4.29. The van der Waals surface area contributed by atoms with Gasteiger partial charge in [0.2, 0.25) is 0 Å². The molecule has 2 aliphatic rings. The van der Waals surface area contributed by atoms with Gasteiger partial charge in [0.25, 0.3) is 0 Å². The van der Waals surface area contributed by atoms with Crippen molar-refractivity contribution >= 4 is 23.4 Å². The fraction of sp³-hybridized carbons (Fsp3) is 0.786. The minimum Gasteiger partial charge on any atom is -0.486 e. The molecule has 0 radical (unpaired) electrons. The summed E-state index contributed by atoms with van der Waals surface area (Å²) in [5.74, 6) is 4.02. The molecule has 1 aliphatic heterocycles. The van der Waals surface area contributed by atoms with E-state index in [1.54, 1.807) is 6.20 Å². The predicted octanol–water partition coefficient (Wildman–Crippen LogP) is 4.00. The molecule has 106 valence electrons. The molecular weight excluding hydrogens is 280 g/mol. The second-order valence-corrected chi connectivity index (χ2v) is 7.10. The molecule has 1 aromatic rings. The van der Waals surface area contributed by atoms with E-state index in [-0.39, 0.29) is 0 Å². The van der Waals surface area contributed by atoms with Crippen molar-refractivity contribution in [3.05, 3.63) is 11.3 Å². The minimum atomic E-state index is 0.348. The van der Waals surface area contributed by atoms with Gasteiger partial charge in [0, 0.05) is 6.54 Å². The number of hydrogen-bond donors (Lipinski definition) is 0. The fourth-order valence-electron chi connectivity index (χ4n) is 2.94. The van der Waals surface area contributed by atoms with Gasteiger partial charge in [-0.2, -0.15) is 16.9 Å². The van der Waals surface area contributed by atoms with Gasteiger partial charge in [-0.15, -0.1) is 0 Å². The van der Waals surface area contributed by atoms with E-state index in [4.69, 9.17) is 16.3 Å². The standard InChI is InChI=1S/C14H21ClN2OS/c15-14-13(18-12-5-1-2-6-12)8-16-17(14)9-11-4-3-7-19-10-11/h8,11-12H,1-7,9-10H2. The van der Waals surface area contributed by atoms with Gasteiger partial charge in [-0.05, 0) is 55.9 Å². The van der Waals surface area contributed by atoms with Crippen LogP contribution < -0.4 is 4.74 Å². The summed E-state index contributed by atoms with van der Waals surface area (Å²) < 4.78 is 7.87. The van der Waals surface area contributed by atoms with Crippen molar-refractivity contribution in [3.8, 4) is 5.75 Å². The zero-order chi connectivity index (χ0) is 13.1. The van der Waals surface area contributed by atoms with Crippen molar-refractivity contribution in [3.63, 3.8) is 0 Å². The van der Waals surface area contributed by atoms with E-state index in [9.17, 15) is 0 Å². The molecule has 0 bridgehead atoms. The first-order chi connectivity index (χ1) is 9.33. The second-order valence-electron chi connectivity index (χ2n) is 5.59. The van der Waals surface area contributed by atoms with Crippen molar-refractivity contribution in [2.75, 3.05) is 11.5 Å². The lowest BCUT2D eigenvalue weighted by molar-refractivity contribution is 0.210. The lowest BCUT2D eigenvalue weighted by atomic mass is 10.1. The Bertz CT molecular complexity index is 412. The molecule has 19 heavy (non-hydrogen) atoms. The van der Waals surface area contributed by atoms with E-state index in [0.29, 0.717) is 17.2 Å². The van der Waals surface area contributed by atoms with Gasteiger partial charge in [-0.3, -0.25) is 4.68 Å². The summed E-state index contributed by atoms with van der Waals surface area (Å²) in [6, 6.07) is 0. The Labute approximate surface area is 124 Å². The van der Waals surface area contributed by atoms with Crippen molar-refractivity contribution in [2.24, 2.45) is 5.92 Å². The van der Waals surface area contributed by atoms with Crippen LogP contribution in [0.4, 0.5) is 0 Å². The van der Waals surface area contributed by atoms with Gasteiger partial charge < -0.3 is 4.74 Å². The van der Waals surface area contributed by atoms with Crippen LogP contribution in [0.15, 0.2) is 6.20 Å². The van der Waals surface area contributed by atoms with E-state index in [2.05, 4.69) is 5.10 Å². The zero-order valence-corrected chi connectivity index (χ0v) is 12.8. The van der Waals surface area contributed by atoms with E-state index in [1.807, 2.05) is 16.4 Å². The number of halogens is 1. The summed E-state index contributed by atoms with van der Waals surface area (Å²) in [6.07, 6.45) is 9.60. The molecule has 2 heterocycles. The Morgan fingerprint density at radius 2 is 2.16 bits per heavy atom. The summed E-state index contributed by atoms with van der Waals surface area (Å²) in [4.78, 5) is 0.